The van der Waals surface area contributed by atoms with Crippen molar-refractivity contribution in [3.05, 3.63) is 0 Å². The van der Waals surface area contributed by atoms with E-state index in [-0.39, 0.29) is 0 Å². The van der Waals surface area contributed by atoms with Gasteiger partial charge in [-0.2, -0.15) is 0 Å². The van der Waals surface area contributed by atoms with Crippen LogP contribution >= 0.6 is 0 Å². The van der Waals surface area contributed by atoms with Gasteiger partial charge in [0.05, 0.1) is 6.10 Å². The molecule has 1 aliphatic heterocycles. The van der Waals surface area contributed by atoms with Crippen molar-refractivity contribution in [1.29, 1.82) is 0 Å². The van der Waals surface area contributed by atoms with Gasteiger partial charge in [0.2, 0.25) is 0 Å². The van der Waals surface area contributed by atoms with E-state index in [1.165, 1.54) is 45.1 Å². The van der Waals surface area contributed by atoms with Crippen molar-refractivity contribution >= 4 is 0 Å². The quantitative estimate of drug-likeness (QED) is 0.814. The molecule has 3 heteroatoms. The highest BCUT2D eigenvalue weighted by Crippen LogP contribution is 2.33. The molecule has 20 heavy (non-hydrogen) atoms. The fourth-order valence-corrected chi connectivity index (χ4v) is 4.16. The summed E-state index contributed by atoms with van der Waals surface area (Å²) in [6.45, 7) is 8.64. The number of nitrogens with zero attached hydrogens (tertiary/aromatic N) is 1. The van der Waals surface area contributed by atoms with Crippen molar-refractivity contribution in [2.45, 2.75) is 70.9 Å². The first-order chi connectivity index (χ1) is 9.74. The van der Waals surface area contributed by atoms with E-state index in [1.54, 1.807) is 0 Å². The predicted molar refractivity (Wildman–Crippen MR) is 84.8 cm³/mol. The van der Waals surface area contributed by atoms with E-state index < -0.39 is 0 Å². The normalized spacial score (nSPS) is 34.0. The highest BCUT2D eigenvalue weighted by molar-refractivity contribution is 4.87. The van der Waals surface area contributed by atoms with Crippen LogP contribution in [-0.4, -0.2) is 43.3 Å². The molecule has 118 valence electrons. The van der Waals surface area contributed by atoms with Crippen LogP contribution in [0.15, 0.2) is 0 Å². The van der Waals surface area contributed by atoms with Crippen molar-refractivity contribution < 1.29 is 4.74 Å². The second kappa shape index (κ2) is 8.35. The minimum Gasteiger partial charge on any atom is -0.377 e. The molecule has 0 aromatic carbocycles. The molecule has 3 nitrogen and oxygen atoms in total. The maximum atomic E-state index is 6.14. The topological polar surface area (TPSA) is 38.5 Å². The molecule has 1 saturated heterocycles. The third kappa shape index (κ3) is 4.44. The Kier molecular flexibility index (Phi) is 6.79. The maximum absolute atomic E-state index is 6.14. The summed E-state index contributed by atoms with van der Waals surface area (Å²) < 4.78 is 5.98. The van der Waals surface area contributed by atoms with Gasteiger partial charge < -0.3 is 10.5 Å². The van der Waals surface area contributed by atoms with Gasteiger partial charge in [0, 0.05) is 25.7 Å². The second-order valence-corrected chi connectivity index (χ2v) is 6.96. The number of hydrogen-bond acceptors (Lipinski definition) is 3. The first-order valence-electron chi connectivity index (χ1n) is 8.80. The van der Waals surface area contributed by atoms with Gasteiger partial charge in [-0.25, -0.2) is 0 Å². The third-order valence-electron chi connectivity index (χ3n) is 5.20. The van der Waals surface area contributed by atoms with Gasteiger partial charge in [0.25, 0.3) is 0 Å². The summed E-state index contributed by atoms with van der Waals surface area (Å²) in [6.07, 6.45) is 9.63. The lowest BCUT2D eigenvalue weighted by Gasteiger charge is -2.43. The van der Waals surface area contributed by atoms with Crippen molar-refractivity contribution in [1.82, 2.24) is 4.90 Å². The Morgan fingerprint density at radius 3 is 2.80 bits per heavy atom. The molecule has 0 radical (unpaired) electrons. The Bertz CT molecular complexity index is 272. The number of hydrogen-bond donors (Lipinski definition) is 1. The van der Waals surface area contributed by atoms with E-state index in [0.29, 0.717) is 12.1 Å². The van der Waals surface area contributed by atoms with Crippen molar-refractivity contribution in [3.63, 3.8) is 0 Å². The molecule has 4 unspecified atom stereocenters. The average Bonchev–Trinajstić information content (AvgIpc) is 2.46. The van der Waals surface area contributed by atoms with E-state index in [4.69, 9.17) is 10.5 Å². The summed E-state index contributed by atoms with van der Waals surface area (Å²) in [4.78, 5) is 2.65. The fourth-order valence-electron chi connectivity index (χ4n) is 4.16. The molecule has 0 bridgehead atoms. The Balaban J connectivity index is 1.89. The predicted octanol–water partition coefficient (Wildman–Crippen LogP) is 3.03. The molecule has 1 saturated carbocycles. The van der Waals surface area contributed by atoms with Crippen molar-refractivity contribution in [2.75, 3.05) is 26.2 Å². The Labute approximate surface area is 125 Å². The number of nitrogens with two attached hydrogens (primary N) is 1. The number of piperidine rings is 1. The highest BCUT2D eigenvalue weighted by Gasteiger charge is 2.32. The second-order valence-electron chi connectivity index (χ2n) is 6.96. The number of ether oxygens (including phenoxy) is 1. The third-order valence-corrected chi connectivity index (χ3v) is 5.20. The van der Waals surface area contributed by atoms with Crippen LogP contribution in [0.25, 0.3) is 0 Å². The van der Waals surface area contributed by atoms with Gasteiger partial charge in [0.15, 0.2) is 0 Å². The smallest absolute Gasteiger partial charge is 0.0702 e. The van der Waals surface area contributed by atoms with E-state index in [2.05, 4.69) is 18.7 Å². The summed E-state index contributed by atoms with van der Waals surface area (Å²) in [6, 6.07) is 0.589. The van der Waals surface area contributed by atoms with Gasteiger partial charge in [-0.05, 0) is 50.5 Å². The lowest BCUT2D eigenvalue weighted by molar-refractivity contribution is -0.0237. The van der Waals surface area contributed by atoms with E-state index >= 15 is 0 Å². The van der Waals surface area contributed by atoms with E-state index in [1.807, 2.05) is 0 Å². The molecule has 1 heterocycles. The van der Waals surface area contributed by atoms with Gasteiger partial charge in [0.1, 0.15) is 0 Å². The zero-order chi connectivity index (χ0) is 14.4. The van der Waals surface area contributed by atoms with Crippen LogP contribution in [0.3, 0.4) is 0 Å². The van der Waals surface area contributed by atoms with Crippen LogP contribution in [-0.2, 0) is 4.74 Å². The molecule has 0 amide bonds. The Hall–Kier alpha value is -0.120. The molecule has 2 N–H and O–H groups in total. The van der Waals surface area contributed by atoms with Gasteiger partial charge >= 0.3 is 0 Å². The van der Waals surface area contributed by atoms with Gasteiger partial charge in [-0.1, -0.05) is 26.7 Å². The van der Waals surface area contributed by atoms with Crippen molar-refractivity contribution in [2.24, 2.45) is 17.6 Å². The zero-order valence-corrected chi connectivity index (χ0v) is 13.5. The molecule has 1 aliphatic carbocycles. The lowest BCUT2D eigenvalue weighted by atomic mass is 9.77. The summed E-state index contributed by atoms with van der Waals surface area (Å²) in [7, 11) is 0. The minimum atomic E-state index is 0.443. The minimum absolute atomic E-state index is 0.443. The van der Waals surface area contributed by atoms with Crippen LogP contribution in [0, 0.1) is 11.8 Å². The van der Waals surface area contributed by atoms with E-state index in [0.717, 1.165) is 38.0 Å². The average molecular weight is 282 g/mol. The van der Waals surface area contributed by atoms with Crippen LogP contribution in [0.2, 0.25) is 0 Å². The molecule has 2 aliphatic rings. The van der Waals surface area contributed by atoms with E-state index in [9.17, 15) is 0 Å². The van der Waals surface area contributed by atoms with Crippen LogP contribution < -0.4 is 5.73 Å². The monoisotopic (exact) mass is 282 g/mol. The molecular formula is C17H34N2O. The Morgan fingerprint density at radius 1 is 1.25 bits per heavy atom. The molecule has 2 fully saturated rings. The molecule has 0 aromatic rings. The van der Waals surface area contributed by atoms with Crippen LogP contribution in [0.4, 0.5) is 0 Å². The molecule has 0 spiro atoms. The number of likely N-dealkylation sites (tertiary alicyclic amines) is 1. The molecule has 4 atom stereocenters. The molecule has 2 rings (SSSR count). The van der Waals surface area contributed by atoms with Crippen LogP contribution in [0.1, 0.15) is 58.8 Å². The Morgan fingerprint density at radius 2 is 2.10 bits per heavy atom. The highest BCUT2D eigenvalue weighted by atomic mass is 16.5. The standard InChI is InChI=1S/C17H34N2O/c1-3-10-20-16-8-5-9-19(13-16)17(12-18)15-7-4-6-14(2)11-15/h14-17H,3-13,18H2,1-2H3. The first-order valence-corrected chi connectivity index (χ1v) is 8.80. The summed E-state index contributed by atoms with van der Waals surface area (Å²) >= 11 is 0. The summed E-state index contributed by atoms with van der Waals surface area (Å²) in [5, 5.41) is 0. The lowest BCUT2D eigenvalue weighted by Crippen LogP contribution is -2.52. The molecule has 0 aromatic heterocycles. The summed E-state index contributed by atoms with van der Waals surface area (Å²) in [5.41, 5.74) is 6.14. The molecular weight excluding hydrogens is 248 g/mol. The largest absolute Gasteiger partial charge is 0.377 e. The maximum Gasteiger partial charge on any atom is 0.0702 e. The van der Waals surface area contributed by atoms with Crippen LogP contribution in [0.5, 0.6) is 0 Å². The summed E-state index contributed by atoms with van der Waals surface area (Å²) in [5.74, 6) is 1.70. The SMILES string of the molecule is CCCOC1CCCN(C(CN)C2CCCC(C)C2)C1. The van der Waals surface area contributed by atoms with Gasteiger partial charge in [-0.15, -0.1) is 0 Å². The fraction of sp³-hybridized carbons (Fsp3) is 1.00. The zero-order valence-electron chi connectivity index (χ0n) is 13.5. The van der Waals surface area contributed by atoms with Crippen molar-refractivity contribution in [3.8, 4) is 0 Å². The van der Waals surface area contributed by atoms with Gasteiger partial charge in [-0.3, -0.25) is 4.90 Å². The first kappa shape index (κ1) is 16.3. The number of rotatable bonds is 6.